The normalized spacial score (nSPS) is 10.6. The third kappa shape index (κ3) is 2.21. The van der Waals surface area contributed by atoms with Gasteiger partial charge in [0.1, 0.15) is 5.75 Å². The lowest BCUT2D eigenvalue weighted by Crippen LogP contribution is -1.96. The molecule has 0 aliphatic heterocycles. The Morgan fingerprint density at radius 3 is 2.30 bits per heavy atom. The second-order valence-corrected chi connectivity index (χ2v) is 4.64. The fraction of sp³-hybridized carbons (Fsp3) is 0. The van der Waals surface area contributed by atoms with Gasteiger partial charge in [-0.2, -0.15) is 0 Å². The van der Waals surface area contributed by atoms with Crippen molar-refractivity contribution in [3.8, 4) is 16.9 Å². The van der Waals surface area contributed by atoms with Crippen molar-refractivity contribution in [3.05, 3.63) is 66.2 Å². The topological polar surface area (TPSA) is 57.5 Å². The number of carbonyl (C=O) groups is 1. The third-order valence-corrected chi connectivity index (χ3v) is 3.25. The van der Waals surface area contributed by atoms with E-state index in [1.807, 2.05) is 42.5 Å². The van der Waals surface area contributed by atoms with Crippen LogP contribution in [-0.4, -0.2) is 16.2 Å². The molecule has 0 atom stereocenters. The van der Waals surface area contributed by atoms with Gasteiger partial charge in [-0.1, -0.05) is 36.4 Å². The first kappa shape index (κ1) is 12.2. The maximum absolute atomic E-state index is 11.0. The van der Waals surface area contributed by atoms with E-state index in [4.69, 9.17) is 5.11 Å². The first-order valence-corrected chi connectivity index (χ1v) is 6.20. The van der Waals surface area contributed by atoms with Crippen molar-refractivity contribution in [2.24, 2.45) is 0 Å². The summed E-state index contributed by atoms with van der Waals surface area (Å²) >= 11 is 0. The van der Waals surface area contributed by atoms with Gasteiger partial charge < -0.3 is 10.2 Å². The zero-order valence-corrected chi connectivity index (χ0v) is 10.6. The minimum absolute atomic E-state index is 0.0481. The number of aromatic hydroxyl groups is 1. The lowest BCUT2D eigenvalue weighted by molar-refractivity contribution is 0.0696. The molecule has 0 saturated carbocycles. The van der Waals surface area contributed by atoms with Gasteiger partial charge >= 0.3 is 5.97 Å². The molecule has 3 aromatic carbocycles. The molecule has 3 heteroatoms. The molecule has 2 N–H and O–H groups in total. The monoisotopic (exact) mass is 264 g/mol. The van der Waals surface area contributed by atoms with Gasteiger partial charge in [0.2, 0.25) is 0 Å². The average Bonchev–Trinajstić information content (AvgIpc) is 2.46. The minimum Gasteiger partial charge on any atom is -0.508 e. The largest absolute Gasteiger partial charge is 0.508 e. The molecule has 0 aliphatic rings. The van der Waals surface area contributed by atoms with Gasteiger partial charge in [0, 0.05) is 0 Å². The van der Waals surface area contributed by atoms with Crippen LogP contribution in [0.2, 0.25) is 0 Å². The van der Waals surface area contributed by atoms with E-state index in [0.29, 0.717) is 5.56 Å². The van der Waals surface area contributed by atoms with E-state index >= 15 is 0 Å². The van der Waals surface area contributed by atoms with Crippen LogP contribution in [0.25, 0.3) is 21.9 Å². The molecule has 0 aromatic heterocycles. The number of carboxylic acids is 1. The fourth-order valence-electron chi connectivity index (χ4n) is 2.27. The number of rotatable bonds is 2. The second kappa shape index (κ2) is 4.70. The molecule has 98 valence electrons. The summed E-state index contributed by atoms with van der Waals surface area (Å²) in [5.74, 6) is -1.10. The molecule has 0 saturated heterocycles. The third-order valence-electron chi connectivity index (χ3n) is 3.25. The molecule has 0 radical (unpaired) electrons. The van der Waals surface area contributed by atoms with Crippen molar-refractivity contribution in [2.75, 3.05) is 0 Å². The molecule has 0 heterocycles. The molecule has 0 spiro atoms. The van der Waals surface area contributed by atoms with Crippen LogP contribution in [0.3, 0.4) is 0 Å². The highest BCUT2D eigenvalue weighted by molar-refractivity contribution is 5.92. The van der Waals surface area contributed by atoms with Crippen LogP contribution in [0.1, 0.15) is 10.4 Å². The number of hydrogen-bond donors (Lipinski definition) is 2. The van der Waals surface area contributed by atoms with Crippen molar-refractivity contribution < 1.29 is 15.0 Å². The number of fused-ring (bicyclic) bond motifs is 1. The Kier molecular flexibility index (Phi) is 2.88. The summed E-state index contributed by atoms with van der Waals surface area (Å²) < 4.78 is 0. The lowest BCUT2D eigenvalue weighted by atomic mass is 9.99. The SMILES string of the molecule is O=C(O)c1cc(O)cc(-c2ccc3ccccc3c2)c1. The lowest BCUT2D eigenvalue weighted by Gasteiger charge is -2.06. The number of benzene rings is 3. The van der Waals surface area contributed by atoms with E-state index < -0.39 is 5.97 Å². The van der Waals surface area contributed by atoms with Gasteiger partial charge in [-0.3, -0.25) is 0 Å². The molecule has 0 bridgehead atoms. The van der Waals surface area contributed by atoms with Crippen molar-refractivity contribution in [1.82, 2.24) is 0 Å². The van der Waals surface area contributed by atoms with Gasteiger partial charge in [0.05, 0.1) is 5.56 Å². The van der Waals surface area contributed by atoms with E-state index in [1.165, 1.54) is 6.07 Å². The van der Waals surface area contributed by atoms with Crippen LogP contribution < -0.4 is 0 Å². The first-order chi connectivity index (χ1) is 9.63. The first-order valence-electron chi connectivity index (χ1n) is 6.20. The molecule has 3 rings (SSSR count). The highest BCUT2D eigenvalue weighted by Crippen LogP contribution is 2.28. The van der Waals surface area contributed by atoms with E-state index in [0.717, 1.165) is 16.3 Å². The summed E-state index contributed by atoms with van der Waals surface area (Å²) in [6, 6.07) is 18.2. The second-order valence-electron chi connectivity index (χ2n) is 4.64. The van der Waals surface area contributed by atoms with Crippen molar-refractivity contribution in [1.29, 1.82) is 0 Å². The van der Waals surface area contributed by atoms with E-state index in [-0.39, 0.29) is 11.3 Å². The standard InChI is InChI=1S/C17H12O3/c18-16-9-14(8-15(10-16)17(19)20)13-6-5-11-3-1-2-4-12(11)7-13/h1-10,18H,(H,19,20). The Bertz CT molecular complexity index is 806. The Morgan fingerprint density at radius 2 is 1.55 bits per heavy atom. The van der Waals surface area contributed by atoms with Gasteiger partial charge in [-0.25, -0.2) is 4.79 Å². The summed E-state index contributed by atoms with van der Waals surface area (Å²) in [7, 11) is 0. The number of carboxylic acid groups (broad SMARTS) is 1. The molecule has 0 amide bonds. The average molecular weight is 264 g/mol. The van der Waals surface area contributed by atoms with Crippen LogP contribution in [0, 0.1) is 0 Å². The van der Waals surface area contributed by atoms with E-state index in [1.54, 1.807) is 12.1 Å². The molecular formula is C17H12O3. The van der Waals surface area contributed by atoms with Crippen molar-refractivity contribution in [2.45, 2.75) is 0 Å². The predicted molar refractivity (Wildman–Crippen MR) is 78.0 cm³/mol. The summed E-state index contributed by atoms with van der Waals surface area (Å²) in [5.41, 5.74) is 1.64. The molecule has 0 unspecified atom stereocenters. The van der Waals surface area contributed by atoms with Gasteiger partial charge in [-0.15, -0.1) is 0 Å². The summed E-state index contributed by atoms with van der Waals surface area (Å²) in [5, 5.41) is 20.9. The van der Waals surface area contributed by atoms with Gasteiger partial charge in [0.15, 0.2) is 0 Å². The van der Waals surface area contributed by atoms with E-state index in [9.17, 15) is 9.90 Å². The van der Waals surface area contributed by atoms with Gasteiger partial charge in [-0.05, 0) is 46.2 Å². The molecular weight excluding hydrogens is 252 g/mol. The van der Waals surface area contributed by atoms with Crippen molar-refractivity contribution in [3.63, 3.8) is 0 Å². The number of phenolic OH excluding ortho intramolecular Hbond substituents is 1. The molecule has 0 aliphatic carbocycles. The predicted octanol–water partition coefficient (Wildman–Crippen LogP) is 3.91. The molecule has 20 heavy (non-hydrogen) atoms. The number of hydrogen-bond acceptors (Lipinski definition) is 2. The zero-order chi connectivity index (χ0) is 14.1. The summed E-state index contributed by atoms with van der Waals surface area (Å²) in [4.78, 5) is 11.0. The summed E-state index contributed by atoms with van der Waals surface area (Å²) in [6.45, 7) is 0. The molecule has 3 aromatic rings. The van der Waals surface area contributed by atoms with Crippen LogP contribution in [-0.2, 0) is 0 Å². The zero-order valence-electron chi connectivity index (χ0n) is 10.6. The minimum atomic E-state index is -1.05. The highest BCUT2D eigenvalue weighted by Gasteiger charge is 2.08. The molecule has 0 fully saturated rings. The van der Waals surface area contributed by atoms with Crippen LogP contribution in [0.5, 0.6) is 5.75 Å². The van der Waals surface area contributed by atoms with Crippen LogP contribution in [0.15, 0.2) is 60.7 Å². The smallest absolute Gasteiger partial charge is 0.335 e. The fourth-order valence-corrected chi connectivity index (χ4v) is 2.27. The Hall–Kier alpha value is -2.81. The van der Waals surface area contributed by atoms with E-state index in [2.05, 4.69) is 0 Å². The van der Waals surface area contributed by atoms with Crippen LogP contribution in [0.4, 0.5) is 0 Å². The van der Waals surface area contributed by atoms with Crippen molar-refractivity contribution >= 4 is 16.7 Å². The van der Waals surface area contributed by atoms with Gasteiger partial charge in [0.25, 0.3) is 0 Å². The maximum Gasteiger partial charge on any atom is 0.335 e. The number of phenols is 1. The maximum atomic E-state index is 11.0. The Morgan fingerprint density at radius 1 is 0.800 bits per heavy atom. The number of aromatic carboxylic acids is 1. The Labute approximate surface area is 115 Å². The quantitative estimate of drug-likeness (QED) is 0.737. The van der Waals surface area contributed by atoms with Crippen LogP contribution >= 0.6 is 0 Å². The Balaban J connectivity index is 2.17. The highest BCUT2D eigenvalue weighted by atomic mass is 16.4. The summed E-state index contributed by atoms with van der Waals surface area (Å²) in [6.07, 6.45) is 0. The molecule has 3 nitrogen and oxygen atoms in total.